The van der Waals surface area contributed by atoms with Crippen LogP contribution >= 0.6 is 0 Å². The molecule has 0 radical (unpaired) electrons. The Hall–Kier alpha value is -2.79. The Kier molecular flexibility index (Phi) is 6.56. The molecular formula is C21H30BN5O5. The van der Waals surface area contributed by atoms with Gasteiger partial charge in [-0.2, -0.15) is 0 Å². The molecule has 0 spiro atoms. The first-order valence-electron chi connectivity index (χ1n) is 11.1. The zero-order chi connectivity index (χ0) is 22.8. The zero-order valence-electron chi connectivity index (χ0n) is 17.9. The van der Waals surface area contributed by atoms with Gasteiger partial charge < -0.3 is 31.6 Å². The minimum Gasteiger partial charge on any atom is -0.534 e. The second-order valence-corrected chi connectivity index (χ2v) is 9.03. The number of benzene rings is 1. The average Bonchev–Trinajstić information content (AvgIpc) is 2.71. The summed E-state index contributed by atoms with van der Waals surface area (Å²) in [5, 5.41) is 22.5. The number of rotatable bonds is 6. The normalized spacial score (nSPS) is 25.8. The minimum absolute atomic E-state index is 0.00917. The lowest BCUT2D eigenvalue weighted by Gasteiger charge is -2.45. The Labute approximate surface area is 187 Å². The van der Waals surface area contributed by atoms with Crippen molar-refractivity contribution in [3.63, 3.8) is 0 Å². The molecule has 10 nitrogen and oxygen atoms in total. The van der Waals surface area contributed by atoms with Gasteiger partial charge in [0.15, 0.2) is 5.96 Å². The van der Waals surface area contributed by atoms with Crippen LogP contribution in [0.2, 0.25) is 0 Å². The molecule has 1 saturated heterocycles. The third kappa shape index (κ3) is 4.99. The number of hydrogen-bond acceptors (Lipinski definition) is 6. The number of nitrogens with zero attached hydrogens (tertiary/aromatic N) is 2. The second kappa shape index (κ2) is 9.37. The summed E-state index contributed by atoms with van der Waals surface area (Å²) in [5.74, 6) is -1.21. The first kappa shape index (κ1) is 22.4. The van der Waals surface area contributed by atoms with E-state index in [-0.39, 0.29) is 29.2 Å². The number of carboxylic acid groups (broad SMARTS) is 1. The molecular weight excluding hydrogens is 413 g/mol. The summed E-state index contributed by atoms with van der Waals surface area (Å²) in [4.78, 5) is 30.6. The predicted octanol–water partition coefficient (Wildman–Crippen LogP) is -0.269. The third-order valence-corrected chi connectivity index (χ3v) is 6.72. The monoisotopic (exact) mass is 443 g/mol. The summed E-state index contributed by atoms with van der Waals surface area (Å²) >= 11 is 0. The van der Waals surface area contributed by atoms with Crippen LogP contribution in [0.4, 0.5) is 0 Å². The number of hydrogen-bond donors (Lipinski definition) is 5. The summed E-state index contributed by atoms with van der Waals surface area (Å²) in [5.41, 5.74) is 11.5. The number of carbonyl (C=O) groups excluding carboxylic acids is 1. The molecule has 1 amide bonds. The smallest absolute Gasteiger partial charge is 0.534 e. The van der Waals surface area contributed by atoms with Gasteiger partial charge in [-0.15, -0.1) is 0 Å². The Balaban J connectivity index is 1.23. The number of guanidine groups is 1. The standard InChI is InChI=1S/C21H30BN5O5/c23-21(24)25-14-10-27(11-14)15-6-4-12(5-7-15)8-18(28)26-17-9-13-2-1-3-16(20(29)30)19(13)32-22(17)31/h1-3,12,14-15,17,31H,4-11H2,(H,26,28)(H,29,30)(H4,23,24,25). The molecule has 7 N–H and O–H groups in total. The van der Waals surface area contributed by atoms with Crippen LogP contribution in [0.15, 0.2) is 23.2 Å². The van der Waals surface area contributed by atoms with Crippen molar-refractivity contribution in [2.45, 2.75) is 56.5 Å². The summed E-state index contributed by atoms with van der Waals surface area (Å²) < 4.78 is 5.45. The molecule has 1 aromatic carbocycles. The van der Waals surface area contributed by atoms with Crippen LogP contribution in [0.5, 0.6) is 5.75 Å². The van der Waals surface area contributed by atoms with E-state index in [2.05, 4.69) is 15.2 Å². The molecule has 1 aliphatic carbocycles. The highest BCUT2D eigenvalue weighted by atomic mass is 16.5. The van der Waals surface area contributed by atoms with Gasteiger partial charge in [0.2, 0.25) is 5.91 Å². The average molecular weight is 443 g/mol. The zero-order valence-corrected chi connectivity index (χ0v) is 17.9. The van der Waals surface area contributed by atoms with E-state index in [9.17, 15) is 19.7 Å². The molecule has 1 atom stereocenters. The van der Waals surface area contributed by atoms with E-state index in [1.54, 1.807) is 12.1 Å². The van der Waals surface area contributed by atoms with Gasteiger partial charge in [0, 0.05) is 25.6 Å². The summed E-state index contributed by atoms with van der Waals surface area (Å²) in [6.45, 7) is 1.77. The summed E-state index contributed by atoms with van der Waals surface area (Å²) in [6, 6.07) is 5.54. The van der Waals surface area contributed by atoms with Crippen LogP contribution in [-0.2, 0) is 11.2 Å². The van der Waals surface area contributed by atoms with Gasteiger partial charge in [-0.1, -0.05) is 12.1 Å². The van der Waals surface area contributed by atoms with Crippen molar-refractivity contribution in [1.29, 1.82) is 0 Å². The van der Waals surface area contributed by atoms with Crippen LogP contribution in [0.25, 0.3) is 0 Å². The second-order valence-electron chi connectivity index (χ2n) is 9.03. The van der Waals surface area contributed by atoms with Crippen molar-refractivity contribution >= 4 is 25.0 Å². The molecule has 3 aliphatic rings. The van der Waals surface area contributed by atoms with Crippen molar-refractivity contribution in [1.82, 2.24) is 10.2 Å². The SMILES string of the molecule is NC(N)=NC1CN(C2CCC(CC(=O)NC3Cc4cccc(C(=O)O)c4OB3O)CC2)C1. The lowest BCUT2D eigenvalue weighted by atomic mass is 9.72. The molecule has 4 rings (SSSR count). The first-order valence-corrected chi connectivity index (χ1v) is 11.1. The molecule has 32 heavy (non-hydrogen) atoms. The lowest BCUT2D eigenvalue weighted by Crippen LogP contribution is -2.56. The van der Waals surface area contributed by atoms with Gasteiger partial charge >= 0.3 is 13.1 Å². The number of nitrogens with two attached hydrogens (primary N) is 2. The van der Waals surface area contributed by atoms with E-state index in [1.807, 2.05) is 0 Å². The van der Waals surface area contributed by atoms with Crippen molar-refractivity contribution in [2.75, 3.05) is 13.1 Å². The topological polar surface area (TPSA) is 163 Å². The fourth-order valence-electron chi connectivity index (χ4n) is 5.04. The number of nitrogens with one attached hydrogen (secondary N) is 1. The highest BCUT2D eigenvalue weighted by Crippen LogP contribution is 2.33. The van der Waals surface area contributed by atoms with Crippen molar-refractivity contribution in [3.05, 3.63) is 29.3 Å². The molecule has 2 aliphatic heterocycles. The van der Waals surface area contributed by atoms with Crippen LogP contribution in [-0.4, -0.2) is 71.1 Å². The lowest BCUT2D eigenvalue weighted by molar-refractivity contribution is -0.122. The molecule has 0 bridgehead atoms. The maximum Gasteiger partial charge on any atom is 0.547 e. The van der Waals surface area contributed by atoms with Crippen molar-refractivity contribution in [3.8, 4) is 5.75 Å². The van der Waals surface area contributed by atoms with Gasteiger partial charge in [-0.25, -0.2) is 9.79 Å². The van der Waals surface area contributed by atoms with Gasteiger partial charge in [0.25, 0.3) is 0 Å². The summed E-state index contributed by atoms with van der Waals surface area (Å²) in [6.07, 6.45) is 4.79. The number of fused-ring (bicyclic) bond motifs is 1. The van der Waals surface area contributed by atoms with Crippen LogP contribution in [0, 0.1) is 5.92 Å². The molecule has 11 heteroatoms. The predicted molar refractivity (Wildman–Crippen MR) is 119 cm³/mol. The van der Waals surface area contributed by atoms with Crippen LogP contribution < -0.4 is 21.4 Å². The molecule has 2 heterocycles. The van der Waals surface area contributed by atoms with Crippen molar-refractivity contribution in [2.24, 2.45) is 22.4 Å². The molecule has 0 aromatic heterocycles. The highest BCUT2D eigenvalue weighted by Gasteiger charge is 2.39. The number of aliphatic imine (C=N–C) groups is 1. The maximum absolute atomic E-state index is 12.6. The Morgan fingerprint density at radius 2 is 1.94 bits per heavy atom. The van der Waals surface area contributed by atoms with E-state index in [0.717, 1.165) is 38.8 Å². The minimum atomic E-state index is -1.28. The highest BCUT2D eigenvalue weighted by molar-refractivity contribution is 6.47. The number of amides is 1. The van der Waals surface area contributed by atoms with Crippen molar-refractivity contribution < 1.29 is 24.4 Å². The molecule has 2 fully saturated rings. The number of carboxylic acids is 1. The molecule has 172 valence electrons. The number of para-hydroxylation sites is 1. The quantitative estimate of drug-likeness (QED) is 0.228. The maximum atomic E-state index is 12.6. The van der Waals surface area contributed by atoms with Gasteiger partial charge in [-0.05, 0) is 49.7 Å². The Morgan fingerprint density at radius 1 is 1.22 bits per heavy atom. The van der Waals surface area contributed by atoms with Crippen LogP contribution in [0.1, 0.15) is 48.0 Å². The van der Waals surface area contributed by atoms with Gasteiger partial charge in [-0.3, -0.25) is 9.69 Å². The number of carbonyl (C=O) groups is 2. The van der Waals surface area contributed by atoms with E-state index >= 15 is 0 Å². The van der Waals surface area contributed by atoms with E-state index < -0.39 is 19.0 Å². The summed E-state index contributed by atoms with van der Waals surface area (Å²) in [7, 11) is -1.28. The fraction of sp³-hybridized carbons (Fsp3) is 0.571. The van der Waals surface area contributed by atoms with Gasteiger partial charge in [0.05, 0.1) is 17.5 Å². The largest absolute Gasteiger partial charge is 0.547 e. The number of likely N-dealkylation sites (tertiary alicyclic amines) is 1. The Morgan fingerprint density at radius 3 is 2.59 bits per heavy atom. The van der Waals surface area contributed by atoms with E-state index in [1.165, 1.54) is 6.07 Å². The number of aromatic carboxylic acids is 1. The fourth-order valence-corrected chi connectivity index (χ4v) is 5.04. The van der Waals surface area contributed by atoms with E-state index in [0.29, 0.717) is 30.4 Å². The third-order valence-electron chi connectivity index (χ3n) is 6.72. The van der Waals surface area contributed by atoms with E-state index in [4.69, 9.17) is 16.1 Å². The van der Waals surface area contributed by atoms with Gasteiger partial charge in [0.1, 0.15) is 5.75 Å². The molecule has 1 aromatic rings. The van der Waals surface area contributed by atoms with Crippen LogP contribution in [0.3, 0.4) is 0 Å². The molecule has 1 saturated carbocycles. The Bertz CT molecular complexity index is 895. The first-order chi connectivity index (χ1) is 15.3. The molecule has 1 unspecified atom stereocenters.